The van der Waals surface area contributed by atoms with Gasteiger partial charge in [0.15, 0.2) is 5.54 Å². The van der Waals surface area contributed by atoms with E-state index in [9.17, 15) is 14.4 Å². The molecule has 7 heteroatoms. The maximum absolute atomic E-state index is 12.4. The summed E-state index contributed by atoms with van der Waals surface area (Å²) in [5.74, 6) is -1.83. The van der Waals surface area contributed by atoms with E-state index in [2.05, 4.69) is 5.32 Å². The molecule has 2 rings (SSSR count). The molecule has 0 aromatic rings. The average molecular weight is 309 g/mol. The molecule has 1 N–H and O–H groups in total. The van der Waals surface area contributed by atoms with Crippen molar-refractivity contribution in [2.75, 3.05) is 27.4 Å². The highest BCUT2D eigenvalue weighted by Crippen LogP contribution is 2.41. The minimum Gasteiger partial charge on any atom is -0.467 e. The molecule has 0 radical (unpaired) electrons. The van der Waals surface area contributed by atoms with E-state index in [1.165, 1.54) is 21.1 Å². The molecule has 7 nitrogen and oxygen atoms in total. The van der Waals surface area contributed by atoms with Crippen LogP contribution in [-0.4, -0.2) is 50.8 Å². The topological polar surface area (TPSA) is 90.9 Å². The van der Waals surface area contributed by atoms with Crippen molar-refractivity contribution in [2.24, 2.45) is 0 Å². The molecule has 1 aliphatic heterocycles. The Morgan fingerprint density at radius 1 is 1.14 bits per heavy atom. The van der Waals surface area contributed by atoms with E-state index in [-0.39, 0.29) is 18.6 Å². The molecule has 1 heterocycles. The normalized spacial score (nSPS) is 24.0. The second-order valence-electron chi connectivity index (χ2n) is 5.35. The lowest BCUT2D eigenvalue weighted by atomic mass is 9.74. The van der Waals surface area contributed by atoms with Gasteiger partial charge in [0.1, 0.15) is 0 Å². The smallest absolute Gasteiger partial charge is 0.337 e. The first kappa shape index (κ1) is 16.2. The predicted molar refractivity (Wildman–Crippen MR) is 75.7 cm³/mol. The first-order valence-corrected chi connectivity index (χ1v) is 6.83. The van der Waals surface area contributed by atoms with Crippen molar-refractivity contribution in [2.45, 2.75) is 25.8 Å². The number of nitrogens with one attached hydrogen (secondary N) is 1. The zero-order chi connectivity index (χ0) is 16.5. The summed E-state index contributed by atoms with van der Waals surface area (Å²) < 4.78 is 15.1. The number of ether oxygens (including phenoxy) is 3. The Morgan fingerprint density at radius 3 is 2.32 bits per heavy atom. The summed E-state index contributed by atoms with van der Waals surface area (Å²) in [7, 11) is 2.44. The lowest BCUT2D eigenvalue weighted by Gasteiger charge is -2.37. The average Bonchev–Trinajstić information content (AvgIpc) is 2.94. The molecular weight excluding hydrogens is 290 g/mol. The Bertz CT molecular complexity index is 603. The summed E-state index contributed by atoms with van der Waals surface area (Å²) in [6, 6.07) is 0. The summed E-state index contributed by atoms with van der Waals surface area (Å²) in [6.07, 6.45) is 0.145. The third-order valence-electron chi connectivity index (χ3n) is 3.94. The van der Waals surface area contributed by atoms with E-state index in [0.717, 1.165) is 11.1 Å². The lowest BCUT2D eigenvalue weighted by Crippen LogP contribution is -2.59. The number of methoxy groups -OCH3 is 2. The summed E-state index contributed by atoms with van der Waals surface area (Å²) in [6.45, 7) is 3.69. The Labute approximate surface area is 128 Å². The van der Waals surface area contributed by atoms with Crippen molar-refractivity contribution < 1.29 is 28.6 Å². The van der Waals surface area contributed by atoms with Crippen LogP contribution in [0.1, 0.15) is 20.3 Å². The van der Waals surface area contributed by atoms with Crippen LogP contribution in [0.2, 0.25) is 0 Å². The molecule has 0 saturated carbocycles. The van der Waals surface area contributed by atoms with E-state index in [1.807, 2.05) is 6.92 Å². The summed E-state index contributed by atoms with van der Waals surface area (Å²) in [4.78, 5) is 36.4. The second kappa shape index (κ2) is 5.92. The van der Waals surface area contributed by atoms with Gasteiger partial charge in [0, 0.05) is 13.3 Å². The molecule has 120 valence electrons. The van der Waals surface area contributed by atoms with Crippen LogP contribution < -0.4 is 5.32 Å². The van der Waals surface area contributed by atoms with Crippen LogP contribution in [0, 0.1) is 0 Å². The van der Waals surface area contributed by atoms with Crippen LogP contribution in [0.15, 0.2) is 22.3 Å². The molecule has 0 aromatic carbocycles. The number of amides is 1. The highest BCUT2D eigenvalue weighted by atomic mass is 16.5. The van der Waals surface area contributed by atoms with Gasteiger partial charge in [-0.3, -0.25) is 4.79 Å². The number of rotatable bonds is 3. The van der Waals surface area contributed by atoms with Gasteiger partial charge in [-0.05, 0) is 18.1 Å². The molecule has 1 aliphatic carbocycles. The maximum atomic E-state index is 12.4. The summed E-state index contributed by atoms with van der Waals surface area (Å²) in [5.41, 5.74) is 0.860. The second-order valence-corrected chi connectivity index (χ2v) is 5.35. The molecule has 1 fully saturated rings. The van der Waals surface area contributed by atoms with Crippen LogP contribution in [0.5, 0.6) is 0 Å². The highest BCUT2D eigenvalue weighted by Gasteiger charge is 2.52. The minimum atomic E-state index is -1.58. The van der Waals surface area contributed by atoms with Crippen LogP contribution in [0.4, 0.5) is 0 Å². The van der Waals surface area contributed by atoms with Crippen LogP contribution in [0.3, 0.4) is 0 Å². The van der Waals surface area contributed by atoms with Crippen LogP contribution >= 0.6 is 0 Å². The van der Waals surface area contributed by atoms with Crippen molar-refractivity contribution >= 4 is 17.8 Å². The number of hydrogen-bond donors (Lipinski definition) is 1. The Kier molecular flexibility index (Phi) is 4.37. The van der Waals surface area contributed by atoms with Crippen molar-refractivity contribution in [3.63, 3.8) is 0 Å². The van der Waals surface area contributed by atoms with Gasteiger partial charge in [0.2, 0.25) is 5.91 Å². The lowest BCUT2D eigenvalue weighted by molar-refractivity contribution is -0.152. The number of hydrogen-bond acceptors (Lipinski definition) is 6. The molecular formula is C15H19NO6. The fraction of sp³-hybridized carbons (Fsp3) is 0.533. The zero-order valence-electron chi connectivity index (χ0n) is 13.1. The van der Waals surface area contributed by atoms with Gasteiger partial charge in [0.25, 0.3) is 0 Å². The van der Waals surface area contributed by atoms with Gasteiger partial charge in [-0.1, -0.05) is 5.57 Å². The van der Waals surface area contributed by atoms with Gasteiger partial charge in [-0.25, -0.2) is 9.59 Å². The number of carbonyl (C=O) groups excluding carboxylic acids is 3. The third kappa shape index (κ3) is 2.41. The van der Waals surface area contributed by atoms with Gasteiger partial charge in [-0.2, -0.15) is 0 Å². The zero-order valence-corrected chi connectivity index (χ0v) is 13.1. The highest BCUT2D eigenvalue weighted by molar-refractivity contribution is 6.05. The van der Waals surface area contributed by atoms with E-state index in [0.29, 0.717) is 12.2 Å². The third-order valence-corrected chi connectivity index (χ3v) is 3.94. The van der Waals surface area contributed by atoms with E-state index >= 15 is 0 Å². The van der Waals surface area contributed by atoms with Crippen molar-refractivity contribution in [3.8, 4) is 0 Å². The van der Waals surface area contributed by atoms with Gasteiger partial charge < -0.3 is 19.5 Å². The Morgan fingerprint density at radius 2 is 1.77 bits per heavy atom. The molecule has 0 spiro atoms. The maximum Gasteiger partial charge on any atom is 0.337 e. The van der Waals surface area contributed by atoms with Crippen LogP contribution in [-0.2, 0) is 28.6 Å². The monoisotopic (exact) mass is 309 g/mol. The van der Waals surface area contributed by atoms with E-state index in [4.69, 9.17) is 14.2 Å². The Hall–Kier alpha value is -2.15. The standard InChI is InChI=1S/C15H19NO6/c1-8-5-15(14(19)21-4,16-9(2)17)12(13(18)20-3)11-7-22-6-10(8)11/h5-7H2,1-4H3,(H,16,17)/t15-/m0/s1. The predicted octanol–water partition coefficient (Wildman–Crippen LogP) is 0.254. The van der Waals surface area contributed by atoms with Crippen LogP contribution in [0.25, 0.3) is 0 Å². The molecule has 2 aliphatic rings. The fourth-order valence-electron chi connectivity index (χ4n) is 3.09. The molecule has 22 heavy (non-hydrogen) atoms. The summed E-state index contributed by atoms with van der Waals surface area (Å²) in [5, 5.41) is 2.59. The number of carbonyl (C=O) groups is 3. The van der Waals surface area contributed by atoms with Gasteiger partial charge >= 0.3 is 11.9 Å². The largest absolute Gasteiger partial charge is 0.467 e. The van der Waals surface area contributed by atoms with Gasteiger partial charge in [-0.15, -0.1) is 0 Å². The first-order valence-electron chi connectivity index (χ1n) is 6.83. The number of esters is 2. The van der Waals surface area contributed by atoms with E-state index in [1.54, 1.807) is 0 Å². The molecule has 1 saturated heterocycles. The Balaban J connectivity index is 2.71. The van der Waals surface area contributed by atoms with Gasteiger partial charge in [0.05, 0.1) is 33.0 Å². The molecule has 1 atom stereocenters. The van der Waals surface area contributed by atoms with Crippen molar-refractivity contribution in [1.29, 1.82) is 0 Å². The molecule has 0 bridgehead atoms. The molecule has 0 aromatic heterocycles. The number of fused-ring (bicyclic) bond motifs is 1. The fourth-order valence-corrected chi connectivity index (χ4v) is 3.09. The van der Waals surface area contributed by atoms with Crippen molar-refractivity contribution in [3.05, 3.63) is 22.3 Å². The first-order chi connectivity index (χ1) is 10.4. The van der Waals surface area contributed by atoms with E-state index < -0.39 is 23.4 Å². The SMILES string of the molecule is COC(=O)C1=C2COCC2=C(C)C[C@@]1(NC(C)=O)C(=O)OC. The quantitative estimate of drug-likeness (QED) is 0.752. The molecule has 0 unspecified atom stereocenters. The van der Waals surface area contributed by atoms with Crippen molar-refractivity contribution in [1.82, 2.24) is 5.32 Å². The summed E-state index contributed by atoms with van der Waals surface area (Å²) >= 11 is 0. The molecule has 1 amide bonds. The minimum absolute atomic E-state index is 0.0927.